The third-order valence-electron chi connectivity index (χ3n) is 3.04. The van der Waals surface area contributed by atoms with Crippen LogP contribution in [0, 0.1) is 0 Å². The highest BCUT2D eigenvalue weighted by atomic mass is 16.5. The van der Waals surface area contributed by atoms with Crippen LogP contribution in [0.2, 0.25) is 0 Å². The number of hydrogen-bond acceptors (Lipinski definition) is 5. The molecule has 0 bridgehead atoms. The molecule has 3 aromatic rings. The zero-order chi connectivity index (χ0) is 13.8. The maximum absolute atomic E-state index is 5.26. The lowest BCUT2D eigenvalue weighted by atomic mass is 10.1. The summed E-state index contributed by atoms with van der Waals surface area (Å²) in [5.74, 6) is 1.63. The van der Waals surface area contributed by atoms with Crippen molar-refractivity contribution in [3.63, 3.8) is 0 Å². The number of aromatic nitrogens is 3. The third kappa shape index (κ3) is 2.51. The van der Waals surface area contributed by atoms with Crippen LogP contribution in [0.25, 0.3) is 10.8 Å². The van der Waals surface area contributed by atoms with Crippen molar-refractivity contribution < 1.29 is 4.74 Å². The van der Waals surface area contributed by atoms with Crippen molar-refractivity contribution >= 4 is 16.6 Å². The fraction of sp³-hybridized carbons (Fsp3) is 0.133. The predicted molar refractivity (Wildman–Crippen MR) is 77.7 cm³/mol. The number of hydrogen-bond donors (Lipinski definition) is 1. The van der Waals surface area contributed by atoms with Crippen LogP contribution in [-0.2, 0) is 6.54 Å². The molecule has 20 heavy (non-hydrogen) atoms. The molecular weight excluding hydrogens is 252 g/mol. The fourth-order valence-corrected chi connectivity index (χ4v) is 2.02. The van der Waals surface area contributed by atoms with Crippen molar-refractivity contribution in [1.29, 1.82) is 0 Å². The van der Waals surface area contributed by atoms with E-state index in [0.29, 0.717) is 6.54 Å². The van der Waals surface area contributed by atoms with Gasteiger partial charge < -0.3 is 10.1 Å². The zero-order valence-corrected chi connectivity index (χ0v) is 11.1. The summed E-state index contributed by atoms with van der Waals surface area (Å²) in [6.45, 7) is 0.581. The molecule has 2 heterocycles. The molecule has 0 spiro atoms. The van der Waals surface area contributed by atoms with Gasteiger partial charge in [0.05, 0.1) is 19.3 Å². The average molecular weight is 266 g/mol. The molecule has 0 unspecified atom stereocenters. The number of fused-ring (bicyclic) bond motifs is 1. The summed E-state index contributed by atoms with van der Waals surface area (Å²) in [5, 5.41) is 13.3. The minimum Gasteiger partial charge on any atom is -0.497 e. The van der Waals surface area contributed by atoms with E-state index < -0.39 is 0 Å². The summed E-state index contributed by atoms with van der Waals surface area (Å²) in [6, 6.07) is 11.7. The van der Waals surface area contributed by atoms with Crippen LogP contribution in [0.3, 0.4) is 0 Å². The lowest BCUT2D eigenvalue weighted by molar-refractivity contribution is 0.415. The summed E-state index contributed by atoms with van der Waals surface area (Å²) >= 11 is 0. The highest BCUT2D eigenvalue weighted by Gasteiger charge is 2.04. The highest BCUT2D eigenvalue weighted by molar-refractivity contribution is 5.92. The molecule has 0 aliphatic rings. The van der Waals surface area contributed by atoms with Gasteiger partial charge in [-0.3, -0.25) is 0 Å². The maximum Gasteiger partial charge on any atom is 0.134 e. The molecule has 0 amide bonds. The molecule has 100 valence electrons. The average Bonchev–Trinajstić information content (AvgIpc) is 2.53. The lowest BCUT2D eigenvalue weighted by Gasteiger charge is -2.09. The Bertz CT molecular complexity index is 715. The first-order chi connectivity index (χ1) is 9.86. The van der Waals surface area contributed by atoms with Gasteiger partial charge in [0.15, 0.2) is 0 Å². The predicted octanol–water partition coefficient (Wildman–Crippen LogP) is 2.65. The lowest BCUT2D eigenvalue weighted by Crippen LogP contribution is -2.04. The monoisotopic (exact) mass is 266 g/mol. The van der Waals surface area contributed by atoms with Crippen molar-refractivity contribution in [3.05, 3.63) is 54.5 Å². The Morgan fingerprint density at radius 2 is 2.10 bits per heavy atom. The van der Waals surface area contributed by atoms with Gasteiger partial charge in [0.1, 0.15) is 11.6 Å². The summed E-state index contributed by atoms with van der Waals surface area (Å²) in [4.78, 5) is 4.38. The first-order valence-electron chi connectivity index (χ1n) is 6.30. The Labute approximate surface area is 116 Å². The van der Waals surface area contributed by atoms with E-state index in [4.69, 9.17) is 4.74 Å². The molecule has 0 aliphatic carbocycles. The molecule has 1 aromatic carbocycles. The van der Waals surface area contributed by atoms with Crippen LogP contribution in [-0.4, -0.2) is 22.3 Å². The molecule has 5 heteroatoms. The van der Waals surface area contributed by atoms with E-state index in [1.807, 2.05) is 36.4 Å². The van der Waals surface area contributed by atoms with E-state index >= 15 is 0 Å². The summed E-state index contributed by atoms with van der Waals surface area (Å²) in [5.41, 5.74) is 0.870. The van der Waals surface area contributed by atoms with Gasteiger partial charge in [0, 0.05) is 17.8 Å². The molecule has 0 atom stereocenters. The summed E-state index contributed by atoms with van der Waals surface area (Å²) in [7, 11) is 1.66. The Kier molecular flexibility index (Phi) is 3.41. The van der Waals surface area contributed by atoms with Crippen LogP contribution in [0.4, 0.5) is 5.82 Å². The van der Waals surface area contributed by atoms with E-state index in [-0.39, 0.29) is 0 Å². The van der Waals surface area contributed by atoms with Gasteiger partial charge in [0.25, 0.3) is 0 Å². The minimum absolute atomic E-state index is 0.581. The first kappa shape index (κ1) is 12.3. The second-order valence-corrected chi connectivity index (χ2v) is 4.32. The van der Waals surface area contributed by atoms with Gasteiger partial charge in [0.2, 0.25) is 0 Å². The molecule has 1 N–H and O–H groups in total. The number of nitrogens with one attached hydrogen (secondary N) is 1. The number of ether oxygens (including phenoxy) is 1. The molecular formula is C15H14N4O. The van der Waals surface area contributed by atoms with Gasteiger partial charge in [-0.1, -0.05) is 6.07 Å². The van der Waals surface area contributed by atoms with E-state index in [0.717, 1.165) is 28.0 Å². The molecule has 0 saturated heterocycles. The van der Waals surface area contributed by atoms with Crippen molar-refractivity contribution in [2.45, 2.75) is 6.54 Å². The number of benzene rings is 1. The quantitative estimate of drug-likeness (QED) is 0.786. The molecule has 3 rings (SSSR count). The zero-order valence-electron chi connectivity index (χ0n) is 11.1. The number of pyridine rings is 1. The smallest absolute Gasteiger partial charge is 0.134 e. The second kappa shape index (κ2) is 5.52. The van der Waals surface area contributed by atoms with Crippen LogP contribution in [0.5, 0.6) is 5.75 Å². The topological polar surface area (TPSA) is 59.9 Å². The molecule has 0 fully saturated rings. The van der Waals surface area contributed by atoms with E-state index in [1.165, 1.54) is 0 Å². The van der Waals surface area contributed by atoms with Crippen LogP contribution >= 0.6 is 0 Å². The van der Waals surface area contributed by atoms with Crippen LogP contribution in [0.15, 0.2) is 48.8 Å². The Morgan fingerprint density at radius 1 is 1.15 bits per heavy atom. The number of anilines is 1. The number of methoxy groups -OCH3 is 1. The summed E-state index contributed by atoms with van der Waals surface area (Å²) < 4.78 is 5.26. The Morgan fingerprint density at radius 3 is 2.90 bits per heavy atom. The Balaban J connectivity index is 1.90. The van der Waals surface area contributed by atoms with Gasteiger partial charge in [-0.2, -0.15) is 10.2 Å². The number of rotatable bonds is 4. The maximum atomic E-state index is 5.26. The highest BCUT2D eigenvalue weighted by Crippen LogP contribution is 2.25. The summed E-state index contributed by atoms with van der Waals surface area (Å²) in [6.07, 6.45) is 3.44. The van der Waals surface area contributed by atoms with Crippen molar-refractivity contribution in [2.75, 3.05) is 12.4 Å². The normalized spacial score (nSPS) is 10.4. The van der Waals surface area contributed by atoms with Crippen LogP contribution in [0.1, 0.15) is 5.69 Å². The fourth-order valence-electron chi connectivity index (χ4n) is 2.02. The van der Waals surface area contributed by atoms with E-state index in [1.54, 1.807) is 19.5 Å². The molecule has 2 aromatic heterocycles. The van der Waals surface area contributed by atoms with Crippen molar-refractivity contribution in [3.8, 4) is 5.75 Å². The largest absolute Gasteiger partial charge is 0.497 e. The standard InChI is InChI=1S/C15H14N4O/c1-20-13-5-4-11-6-8-16-15(14(11)9-13)17-10-12-3-2-7-18-19-12/h2-9H,10H2,1H3,(H,16,17). The number of nitrogens with zero attached hydrogens (tertiary/aromatic N) is 3. The van der Waals surface area contributed by atoms with Crippen molar-refractivity contribution in [1.82, 2.24) is 15.2 Å². The van der Waals surface area contributed by atoms with Crippen LogP contribution < -0.4 is 10.1 Å². The molecule has 0 aliphatic heterocycles. The third-order valence-corrected chi connectivity index (χ3v) is 3.04. The first-order valence-corrected chi connectivity index (χ1v) is 6.30. The molecule has 5 nitrogen and oxygen atoms in total. The van der Waals surface area contributed by atoms with Gasteiger partial charge >= 0.3 is 0 Å². The van der Waals surface area contributed by atoms with Gasteiger partial charge in [-0.15, -0.1) is 0 Å². The van der Waals surface area contributed by atoms with E-state index in [9.17, 15) is 0 Å². The minimum atomic E-state index is 0.581. The van der Waals surface area contributed by atoms with Gasteiger partial charge in [-0.05, 0) is 35.7 Å². The molecule has 0 radical (unpaired) electrons. The SMILES string of the molecule is COc1ccc2ccnc(NCc3cccnn3)c2c1. The molecule has 0 saturated carbocycles. The Hall–Kier alpha value is -2.69. The van der Waals surface area contributed by atoms with Gasteiger partial charge in [-0.25, -0.2) is 4.98 Å². The second-order valence-electron chi connectivity index (χ2n) is 4.32. The van der Waals surface area contributed by atoms with Crippen molar-refractivity contribution in [2.24, 2.45) is 0 Å². The van der Waals surface area contributed by atoms with E-state index in [2.05, 4.69) is 20.5 Å².